The highest BCUT2D eigenvalue weighted by atomic mass is 35.5. The van der Waals surface area contributed by atoms with E-state index >= 15 is 0 Å². The number of hydrogen-bond acceptors (Lipinski definition) is 4. The normalized spacial score (nSPS) is 18.9. The zero-order valence-corrected chi connectivity index (χ0v) is 15.5. The summed E-state index contributed by atoms with van der Waals surface area (Å²) in [5, 5.41) is 4.30. The summed E-state index contributed by atoms with van der Waals surface area (Å²) in [4.78, 5) is 12.5. The molecule has 2 aromatic rings. The van der Waals surface area contributed by atoms with Crippen molar-refractivity contribution in [1.82, 2.24) is 4.31 Å². The van der Waals surface area contributed by atoms with Crippen LogP contribution in [0, 0.1) is 11.7 Å². The van der Waals surface area contributed by atoms with Crippen molar-refractivity contribution in [1.29, 1.82) is 0 Å². The predicted octanol–water partition coefficient (Wildman–Crippen LogP) is 3.58. The fourth-order valence-electron chi connectivity index (χ4n) is 2.73. The van der Waals surface area contributed by atoms with E-state index in [1.807, 2.05) is 0 Å². The number of sulfonamides is 1. The second-order valence-corrected chi connectivity index (χ2v) is 9.27. The SMILES string of the molecule is O=C(Nc1ccc(F)c(Cl)c1)C1CCCN(S(=O)(=O)c2cccs2)C1. The van der Waals surface area contributed by atoms with Gasteiger partial charge in [0.1, 0.15) is 10.0 Å². The molecule has 0 spiro atoms. The maximum Gasteiger partial charge on any atom is 0.252 e. The number of thiophene rings is 1. The lowest BCUT2D eigenvalue weighted by atomic mass is 9.99. The maximum absolute atomic E-state index is 13.2. The minimum atomic E-state index is -3.57. The molecule has 0 bridgehead atoms. The number of carbonyl (C=O) groups is 1. The Bertz CT molecular complexity index is 872. The molecule has 2 heterocycles. The molecule has 1 unspecified atom stereocenters. The predicted molar refractivity (Wildman–Crippen MR) is 95.8 cm³/mol. The van der Waals surface area contributed by atoms with E-state index in [1.165, 1.54) is 22.5 Å². The molecule has 1 aromatic carbocycles. The highest BCUT2D eigenvalue weighted by Crippen LogP contribution is 2.27. The number of anilines is 1. The topological polar surface area (TPSA) is 66.5 Å². The van der Waals surface area contributed by atoms with Gasteiger partial charge in [0.25, 0.3) is 10.0 Å². The van der Waals surface area contributed by atoms with Crippen LogP contribution in [0.5, 0.6) is 0 Å². The second kappa shape index (κ2) is 7.41. The van der Waals surface area contributed by atoms with Crippen molar-refractivity contribution in [2.75, 3.05) is 18.4 Å². The summed E-state index contributed by atoms with van der Waals surface area (Å²) in [7, 11) is -3.57. The minimum absolute atomic E-state index is 0.0802. The van der Waals surface area contributed by atoms with Gasteiger partial charge in [-0.25, -0.2) is 12.8 Å². The van der Waals surface area contributed by atoms with Crippen LogP contribution in [0.3, 0.4) is 0 Å². The van der Waals surface area contributed by atoms with E-state index in [2.05, 4.69) is 5.32 Å². The molecular weight excluding hydrogens is 387 g/mol. The quantitative estimate of drug-likeness (QED) is 0.849. The van der Waals surface area contributed by atoms with Crippen molar-refractivity contribution in [3.63, 3.8) is 0 Å². The molecule has 1 amide bonds. The Kier molecular flexibility index (Phi) is 5.43. The summed E-state index contributed by atoms with van der Waals surface area (Å²) in [5.74, 6) is -1.33. The molecule has 1 saturated heterocycles. The fraction of sp³-hybridized carbons (Fsp3) is 0.312. The van der Waals surface area contributed by atoms with Gasteiger partial charge in [-0.15, -0.1) is 11.3 Å². The van der Waals surface area contributed by atoms with Gasteiger partial charge in [-0.2, -0.15) is 4.31 Å². The van der Waals surface area contributed by atoms with E-state index in [0.717, 1.165) is 11.3 Å². The van der Waals surface area contributed by atoms with Crippen molar-refractivity contribution in [2.24, 2.45) is 5.92 Å². The van der Waals surface area contributed by atoms with Gasteiger partial charge in [-0.05, 0) is 42.5 Å². The molecule has 9 heteroatoms. The van der Waals surface area contributed by atoms with Crippen molar-refractivity contribution in [3.8, 4) is 0 Å². The smallest absolute Gasteiger partial charge is 0.252 e. The summed E-state index contributed by atoms with van der Waals surface area (Å²) in [6.45, 7) is 0.521. The highest BCUT2D eigenvalue weighted by Gasteiger charge is 2.33. The van der Waals surface area contributed by atoms with Crippen LogP contribution in [0.2, 0.25) is 5.02 Å². The van der Waals surface area contributed by atoms with Gasteiger partial charge in [-0.3, -0.25) is 4.79 Å². The molecule has 0 aliphatic carbocycles. The van der Waals surface area contributed by atoms with Gasteiger partial charge < -0.3 is 5.32 Å². The Balaban J connectivity index is 1.70. The Morgan fingerprint density at radius 2 is 2.16 bits per heavy atom. The monoisotopic (exact) mass is 402 g/mol. The van der Waals surface area contributed by atoms with Gasteiger partial charge in [-0.1, -0.05) is 17.7 Å². The first-order valence-electron chi connectivity index (χ1n) is 7.67. The van der Waals surface area contributed by atoms with Crippen LogP contribution < -0.4 is 5.32 Å². The molecule has 5 nitrogen and oxygen atoms in total. The molecule has 1 N–H and O–H groups in total. The van der Waals surface area contributed by atoms with E-state index < -0.39 is 21.8 Å². The summed E-state index contributed by atoms with van der Waals surface area (Å²) in [5.41, 5.74) is 0.384. The van der Waals surface area contributed by atoms with Gasteiger partial charge in [0.05, 0.1) is 10.9 Å². The molecule has 25 heavy (non-hydrogen) atoms. The molecule has 1 aliphatic rings. The van der Waals surface area contributed by atoms with Crippen LogP contribution >= 0.6 is 22.9 Å². The summed E-state index contributed by atoms with van der Waals surface area (Å²) in [6, 6.07) is 7.17. The number of rotatable bonds is 4. The van der Waals surface area contributed by atoms with E-state index in [-0.39, 0.29) is 21.7 Å². The molecular formula is C16H16ClFN2O3S2. The lowest BCUT2D eigenvalue weighted by Gasteiger charge is -2.30. The third-order valence-electron chi connectivity index (χ3n) is 4.03. The summed E-state index contributed by atoms with van der Waals surface area (Å²) >= 11 is 6.87. The number of amides is 1. The standard InChI is InChI=1S/C16H16ClFN2O3S2/c17-13-9-12(5-6-14(13)18)19-16(21)11-3-1-7-20(10-11)25(22,23)15-4-2-8-24-15/h2,4-6,8-9,11H,1,3,7,10H2,(H,19,21). The number of hydrogen-bond donors (Lipinski definition) is 1. The molecule has 1 aliphatic heterocycles. The molecule has 3 rings (SSSR count). The molecule has 1 aromatic heterocycles. The van der Waals surface area contributed by atoms with Crippen molar-refractivity contribution < 1.29 is 17.6 Å². The van der Waals surface area contributed by atoms with Gasteiger partial charge in [0.15, 0.2) is 0 Å². The molecule has 1 atom stereocenters. The van der Waals surface area contributed by atoms with Crippen molar-refractivity contribution >= 4 is 44.6 Å². The number of piperidine rings is 1. The lowest BCUT2D eigenvalue weighted by molar-refractivity contribution is -0.120. The Labute approximate surface area is 154 Å². The van der Waals surface area contributed by atoms with Gasteiger partial charge in [0.2, 0.25) is 5.91 Å². The Hall–Kier alpha value is -1.48. The van der Waals surface area contributed by atoms with Gasteiger partial charge >= 0.3 is 0 Å². The first kappa shape index (κ1) is 18.3. The highest BCUT2D eigenvalue weighted by molar-refractivity contribution is 7.91. The first-order chi connectivity index (χ1) is 11.9. The van der Waals surface area contributed by atoms with Gasteiger partial charge in [0, 0.05) is 18.8 Å². The minimum Gasteiger partial charge on any atom is -0.326 e. The Morgan fingerprint density at radius 1 is 1.36 bits per heavy atom. The van der Waals surface area contributed by atoms with Crippen molar-refractivity contribution in [2.45, 2.75) is 17.1 Å². The number of halogens is 2. The second-order valence-electron chi connectivity index (χ2n) is 5.75. The van der Waals surface area contributed by atoms with Crippen molar-refractivity contribution in [3.05, 3.63) is 46.6 Å². The summed E-state index contributed by atoms with van der Waals surface area (Å²) in [6.07, 6.45) is 1.20. The third-order valence-corrected chi connectivity index (χ3v) is 7.56. The largest absolute Gasteiger partial charge is 0.326 e. The van der Waals surface area contributed by atoms with E-state index in [4.69, 9.17) is 11.6 Å². The number of carbonyl (C=O) groups excluding carboxylic acids is 1. The lowest BCUT2D eigenvalue weighted by Crippen LogP contribution is -2.43. The van der Waals surface area contributed by atoms with Crippen LogP contribution in [0.25, 0.3) is 0 Å². The van der Waals surface area contributed by atoms with Crippen LogP contribution in [-0.2, 0) is 14.8 Å². The zero-order chi connectivity index (χ0) is 18.0. The molecule has 1 fully saturated rings. The fourth-order valence-corrected chi connectivity index (χ4v) is 5.58. The van der Waals surface area contributed by atoms with Crippen LogP contribution in [0.4, 0.5) is 10.1 Å². The Morgan fingerprint density at radius 3 is 2.84 bits per heavy atom. The van der Waals surface area contributed by atoms with E-state index in [1.54, 1.807) is 17.5 Å². The molecule has 0 saturated carbocycles. The third kappa shape index (κ3) is 4.03. The number of benzene rings is 1. The van der Waals surface area contributed by atoms with Crippen LogP contribution in [-0.4, -0.2) is 31.7 Å². The first-order valence-corrected chi connectivity index (χ1v) is 10.4. The number of nitrogens with zero attached hydrogens (tertiary/aromatic N) is 1. The van der Waals surface area contributed by atoms with E-state index in [9.17, 15) is 17.6 Å². The summed E-state index contributed by atoms with van der Waals surface area (Å²) < 4.78 is 40.0. The average Bonchev–Trinajstić information content (AvgIpc) is 3.14. The van der Waals surface area contributed by atoms with E-state index in [0.29, 0.717) is 25.1 Å². The average molecular weight is 403 g/mol. The maximum atomic E-state index is 13.2. The van der Waals surface area contributed by atoms with Crippen LogP contribution in [0.15, 0.2) is 39.9 Å². The van der Waals surface area contributed by atoms with Crippen LogP contribution in [0.1, 0.15) is 12.8 Å². The zero-order valence-electron chi connectivity index (χ0n) is 13.1. The molecule has 0 radical (unpaired) electrons. The molecule has 134 valence electrons. The number of nitrogens with one attached hydrogen (secondary N) is 1.